The van der Waals surface area contributed by atoms with Crippen LogP contribution in [0, 0.1) is 12.3 Å². The van der Waals surface area contributed by atoms with E-state index in [0.29, 0.717) is 5.56 Å². The van der Waals surface area contributed by atoms with Gasteiger partial charge in [-0.05, 0) is 105 Å². The molecule has 0 saturated carbocycles. The number of benzene rings is 8. The summed E-state index contributed by atoms with van der Waals surface area (Å²) in [5.41, 5.74) is 22.6. The Morgan fingerprint density at radius 1 is 0.600 bits per heavy atom. The molecule has 2 aliphatic rings. The lowest BCUT2D eigenvalue weighted by molar-refractivity contribution is 0.668. The fraction of sp³-hybridized carbons (Fsp3) is 0.0545. The molecule has 286 valence electrons. The molecule has 2 aromatic heterocycles. The predicted octanol–water partition coefficient (Wildman–Crippen LogP) is 14.1. The molecule has 0 atom stereocenters. The van der Waals surface area contributed by atoms with E-state index in [-0.39, 0.29) is 11.7 Å². The van der Waals surface area contributed by atoms with Gasteiger partial charge in [0, 0.05) is 32.7 Å². The summed E-state index contributed by atoms with van der Waals surface area (Å²) in [6, 6.07) is 53.8. The van der Waals surface area contributed by atoms with Crippen LogP contribution in [0.3, 0.4) is 0 Å². The lowest BCUT2D eigenvalue weighted by Crippen LogP contribution is -2.16. The first-order chi connectivity index (χ1) is 29.5. The van der Waals surface area contributed by atoms with Crippen LogP contribution >= 0.6 is 0 Å². The minimum absolute atomic E-state index is 0.0917. The van der Waals surface area contributed by atoms with E-state index in [0.717, 1.165) is 73.4 Å². The first-order valence-corrected chi connectivity index (χ1v) is 20.3. The number of aryl methyl sites for hydroxylation is 1. The average molecular weight is 774 g/mol. The summed E-state index contributed by atoms with van der Waals surface area (Å²) in [5.74, 6) is 0.365. The zero-order chi connectivity index (χ0) is 40.3. The van der Waals surface area contributed by atoms with Gasteiger partial charge in [0.15, 0.2) is 5.84 Å². The molecule has 0 amide bonds. The molecule has 5 nitrogen and oxygen atoms in total. The summed E-state index contributed by atoms with van der Waals surface area (Å²) in [6.45, 7) is 2.08. The van der Waals surface area contributed by atoms with Gasteiger partial charge in [0.25, 0.3) is 0 Å². The second kappa shape index (κ2) is 14.3. The van der Waals surface area contributed by atoms with Gasteiger partial charge in [-0.3, -0.25) is 5.41 Å². The van der Waals surface area contributed by atoms with Crippen molar-refractivity contribution in [3.8, 4) is 22.3 Å². The Labute approximate surface area is 346 Å². The number of furan rings is 2. The van der Waals surface area contributed by atoms with Crippen molar-refractivity contribution in [2.24, 2.45) is 10.7 Å². The molecule has 3 N–H and O–H groups in total. The minimum Gasteiger partial charge on any atom is -0.456 e. The van der Waals surface area contributed by atoms with E-state index in [9.17, 15) is 0 Å². The minimum atomic E-state index is 0.0917. The molecule has 12 rings (SSSR count). The monoisotopic (exact) mass is 773 g/mol. The Balaban J connectivity index is 0.000000533. The Kier molecular flexibility index (Phi) is 8.41. The highest BCUT2D eigenvalue weighted by molar-refractivity contribution is 6.20. The maximum Gasteiger partial charge on any atom is 0.154 e. The highest BCUT2D eigenvalue weighted by Crippen LogP contribution is 2.45. The Morgan fingerprint density at radius 3 is 2.13 bits per heavy atom. The summed E-state index contributed by atoms with van der Waals surface area (Å²) in [6.07, 6.45) is 8.88. The lowest BCUT2D eigenvalue weighted by atomic mass is 9.79. The molecule has 0 spiro atoms. The molecule has 0 fully saturated rings. The van der Waals surface area contributed by atoms with Crippen molar-refractivity contribution in [3.63, 3.8) is 0 Å². The van der Waals surface area contributed by atoms with Crippen molar-refractivity contribution in [3.05, 3.63) is 203 Å². The maximum atomic E-state index is 8.86. The number of nitrogens with zero attached hydrogens (tertiary/aromatic N) is 1. The van der Waals surface area contributed by atoms with Crippen LogP contribution in [0.1, 0.15) is 39.8 Å². The molecule has 0 bridgehead atoms. The van der Waals surface area contributed by atoms with E-state index in [1.807, 2.05) is 97.1 Å². The second-order valence-corrected chi connectivity index (χ2v) is 15.6. The SMILES string of the molecule is Cc1ccccc1.N=C(N=C(N)c1cccc2oc3ccccc3c12)c1ccc(-c2cccc3oc4ccc(-c5ccc6ccc7c8c6c5CC=C8CC=C7)cc4c23)cc1. The number of amidine groups is 2. The zero-order valence-corrected chi connectivity index (χ0v) is 33.0. The predicted molar refractivity (Wildman–Crippen MR) is 250 cm³/mol. The first-order valence-electron chi connectivity index (χ1n) is 20.3. The smallest absolute Gasteiger partial charge is 0.154 e. The molecule has 8 aromatic carbocycles. The van der Waals surface area contributed by atoms with E-state index in [1.54, 1.807) is 0 Å². The molecule has 0 aliphatic heterocycles. The first kappa shape index (κ1) is 35.4. The molecule has 2 aliphatic carbocycles. The van der Waals surface area contributed by atoms with Crippen molar-refractivity contribution in [2.45, 2.75) is 19.8 Å². The topological polar surface area (TPSA) is 88.5 Å². The van der Waals surface area contributed by atoms with E-state index in [1.165, 1.54) is 49.7 Å². The van der Waals surface area contributed by atoms with Crippen molar-refractivity contribution in [2.75, 3.05) is 0 Å². The van der Waals surface area contributed by atoms with Crippen LogP contribution in [0.5, 0.6) is 0 Å². The van der Waals surface area contributed by atoms with Crippen LogP contribution in [-0.2, 0) is 6.42 Å². The number of nitrogens with two attached hydrogens (primary N) is 1. The standard InChI is InChI=1S/C48H31N3O2.C7H8/c49-47(51-48(50)37-10-5-13-42-46(37)36-8-1-2-11-39(36)52-42)31-18-14-27(15-19-31)34-9-4-12-41-45(34)38-26-32(22-25-40(38)53-41)33-23-20-30-17-16-28-6-3-7-29-21-24-35(33)44(30)43(28)29;1-7-5-3-2-4-6-7/h1-6,8-23,25-26H,7,24H2,(H3,49,50,51);2-6H,1H3. The molecule has 5 heteroatoms. The van der Waals surface area contributed by atoms with Crippen molar-refractivity contribution < 1.29 is 8.83 Å². The molecule has 60 heavy (non-hydrogen) atoms. The Bertz CT molecular complexity index is 3450. The fourth-order valence-electron chi connectivity index (χ4n) is 9.11. The van der Waals surface area contributed by atoms with Gasteiger partial charge in [-0.1, -0.05) is 151 Å². The van der Waals surface area contributed by atoms with E-state index in [4.69, 9.17) is 20.0 Å². The van der Waals surface area contributed by atoms with Gasteiger partial charge in [0.1, 0.15) is 28.2 Å². The summed E-state index contributed by atoms with van der Waals surface area (Å²) >= 11 is 0. The fourth-order valence-corrected chi connectivity index (χ4v) is 9.11. The molecular formula is C55H39N3O2. The van der Waals surface area contributed by atoms with Crippen molar-refractivity contribution in [1.82, 2.24) is 0 Å². The van der Waals surface area contributed by atoms with Crippen LogP contribution in [0.4, 0.5) is 0 Å². The van der Waals surface area contributed by atoms with Crippen LogP contribution in [0.25, 0.3) is 88.6 Å². The van der Waals surface area contributed by atoms with Crippen molar-refractivity contribution >= 4 is 78.0 Å². The third kappa shape index (κ3) is 5.94. The Hall–Kier alpha value is -7.76. The van der Waals surface area contributed by atoms with Gasteiger partial charge >= 0.3 is 0 Å². The highest BCUT2D eigenvalue weighted by atomic mass is 16.3. The molecular weight excluding hydrogens is 735 g/mol. The molecule has 0 radical (unpaired) electrons. The van der Waals surface area contributed by atoms with Crippen LogP contribution in [-0.4, -0.2) is 11.7 Å². The molecule has 0 saturated heterocycles. The zero-order valence-electron chi connectivity index (χ0n) is 33.0. The number of allylic oxidation sites excluding steroid dienone is 3. The van der Waals surface area contributed by atoms with Crippen LogP contribution in [0.2, 0.25) is 0 Å². The number of hydrogen-bond donors (Lipinski definition) is 2. The summed E-state index contributed by atoms with van der Waals surface area (Å²) in [4.78, 5) is 4.55. The average Bonchev–Trinajstić information content (AvgIpc) is 3.87. The number of aliphatic imine (C=N–C) groups is 1. The molecule has 0 unspecified atom stereocenters. The summed E-state index contributed by atoms with van der Waals surface area (Å²) < 4.78 is 12.5. The van der Waals surface area contributed by atoms with E-state index >= 15 is 0 Å². The van der Waals surface area contributed by atoms with Gasteiger partial charge in [-0.15, -0.1) is 0 Å². The third-order valence-corrected chi connectivity index (χ3v) is 12.0. The highest BCUT2D eigenvalue weighted by Gasteiger charge is 2.23. The lowest BCUT2D eigenvalue weighted by Gasteiger charge is -2.25. The molecule has 10 aromatic rings. The summed E-state index contributed by atoms with van der Waals surface area (Å²) in [7, 11) is 0. The van der Waals surface area contributed by atoms with Gasteiger partial charge in [-0.2, -0.15) is 0 Å². The van der Waals surface area contributed by atoms with Gasteiger partial charge in [-0.25, -0.2) is 4.99 Å². The Morgan fingerprint density at radius 2 is 1.32 bits per heavy atom. The maximum absolute atomic E-state index is 8.86. The number of hydrogen-bond acceptors (Lipinski definition) is 3. The van der Waals surface area contributed by atoms with Gasteiger partial charge in [0.05, 0.1) is 0 Å². The molecule has 2 heterocycles. The van der Waals surface area contributed by atoms with E-state index in [2.05, 4.69) is 90.8 Å². The van der Waals surface area contributed by atoms with E-state index < -0.39 is 0 Å². The number of rotatable bonds is 4. The normalized spacial score (nSPS) is 13.2. The van der Waals surface area contributed by atoms with Gasteiger partial charge in [0.2, 0.25) is 0 Å². The third-order valence-electron chi connectivity index (χ3n) is 12.0. The largest absolute Gasteiger partial charge is 0.456 e. The van der Waals surface area contributed by atoms with Crippen LogP contribution in [0.15, 0.2) is 184 Å². The second-order valence-electron chi connectivity index (χ2n) is 15.6. The van der Waals surface area contributed by atoms with Crippen LogP contribution < -0.4 is 5.73 Å². The number of para-hydroxylation sites is 1. The number of fused-ring (bicyclic) bond motifs is 6. The number of nitrogens with one attached hydrogen (secondary N) is 1. The van der Waals surface area contributed by atoms with Crippen molar-refractivity contribution in [1.29, 1.82) is 5.41 Å². The quantitative estimate of drug-likeness (QED) is 0.138. The van der Waals surface area contributed by atoms with Gasteiger partial charge < -0.3 is 14.6 Å². The summed E-state index contributed by atoms with van der Waals surface area (Å²) in [5, 5.41) is 15.6.